The monoisotopic (exact) mass is 180 g/mol. The molecule has 1 radical (unpaired) electrons. The Morgan fingerprint density at radius 2 is 2.08 bits per heavy atom. The predicted molar refractivity (Wildman–Crippen MR) is 48.2 cm³/mol. The van der Waals surface area contributed by atoms with Crippen LogP contribution in [0.2, 0.25) is 0 Å². The summed E-state index contributed by atoms with van der Waals surface area (Å²) in [6, 6.07) is 6.34. The number of hydrogen-bond acceptors (Lipinski definition) is 4. The topological polar surface area (TPSA) is 49.8 Å². The average molecular weight is 180 g/mol. The molecule has 0 aromatic heterocycles. The number of benzene rings is 1. The normalized spacial score (nSPS) is 9.62. The molecular weight excluding hydrogens is 170 g/mol. The number of hydroxylamine groups is 1. The van der Waals surface area contributed by atoms with Gasteiger partial charge in [-0.25, -0.2) is 5.06 Å². The minimum absolute atomic E-state index is 0.0429. The van der Waals surface area contributed by atoms with Crippen LogP contribution in [0.5, 0.6) is 5.75 Å². The molecule has 0 aliphatic heterocycles. The summed E-state index contributed by atoms with van der Waals surface area (Å²) in [6.07, 6.45) is 1.72. The zero-order chi connectivity index (χ0) is 9.68. The fourth-order valence-corrected chi connectivity index (χ4v) is 0.939. The van der Waals surface area contributed by atoms with Gasteiger partial charge < -0.3 is 5.11 Å². The van der Waals surface area contributed by atoms with Gasteiger partial charge in [-0.2, -0.15) is 0 Å². The van der Waals surface area contributed by atoms with Gasteiger partial charge in [-0.15, -0.1) is 0 Å². The van der Waals surface area contributed by atoms with E-state index in [0.717, 1.165) is 0 Å². The van der Waals surface area contributed by atoms with E-state index in [1.165, 1.54) is 24.3 Å². The number of anilines is 1. The summed E-state index contributed by atoms with van der Waals surface area (Å²) in [5.41, 5.74) is 0.698. The molecule has 1 aromatic carbocycles. The highest BCUT2D eigenvalue weighted by Gasteiger charge is 2.03. The largest absolute Gasteiger partial charge is 0.508 e. The SMILES string of the molecule is CON(C[C]=O)c1ccc(O)cc1. The van der Waals surface area contributed by atoms with E-state index in [1.807, 2.05) is 0 Å². The third-order valence-electron chi connectivity index (χ3n) is 1.57. The lowest BCUT2D eigenvalue weighted by Gasteiger charge is -2.18. The molecule has 0 unspecified atom stereocenters. The maximum Gasteiger partial charge on any atom is 0.222 e. The first kappa shape index (κ1) is 9.54. The molecule has 0 spiro atoms. The van der Waals surface area contributed by atoms with E-state index in [4.69, 9.17) is 9.94 Å². The fraction of sp³-hybridized carbons (Fsp3) is 0.222. The van der Waals surface area contributed by atoms with Gasteiger partial charge >= 0.3 is 0 Å². The molecule has 1 N–H and O–H groups in total. The van der Waals surface area contributed by atoms with E-state index in [0.29, 0.717) is 5.69 Å². The lowest BCUT2D eigenvalue weighted by molar-refractivity contribution is 0.177. The van der Waals surface area contributed by atoms with Gasteiger partial charge in [-0.3, -0.25) is 9.63 Å². The van der Waals surface area contributed by atoms with Gasteiger partial charge in [0.05, 0.1) is 12.8 Å². The van der Waals surface area contributed by atoms with Crippen LogP contribution in [-0.4, -0.2) is 25.0 Å². The van der Waals surface area contributed by atoms with Crippen molar-refractivity contribution in [1.29, 1.82) is 0 Å². The second-order valence-electron chi connectivity index (χ2n) is 2.38. The van der Waals surface area contributed by atoms with Crippen molar-refractivity contribution >= 4 is 12.0 Å². The summed E-state index contributed by atoms with van der Waals surface area (Å²) < 4.78 is 0. The number of aromatic hydroxyl groups is 1. The molecule has 0 amide bonds. The Morgan fingerprint density at radius 1 is 1.46 bits per heavy atom. The van der Waals surface area contributed by atoms with Crippen molar-refractivity contribution in [2.45, 2.75) is 0 Å². The Hall–Kier alpha value is -1.55. The highest BCUT2D eigenvalue weighted by molar-refractivity contribution is 5.60. The summed E-state index contributed by atoms with van der Waals surface area (Å²) in [6.45, 7) is 0.0429. The minimum Gasteiger partial charge on any atom is -0.508 e. The van der Waals surface area contributed by atoms with Crippen molar-refractivity contribution in [3.05, 3.63) is 24.3 Å². The van der Waals surface area contributed by atoms with Gasteiger partial charge in [0.2, 0.25) is 6.29 Å². The molecule has 0 aliphatic carbocycles. The fourth-order valence-electron chi connectivity index (χ4n) is 0.939. The highest BCUT2D eigenvalue weighted by Crippen LogP contribution is 2.17. The smallest absolute Gasteiger partial charge is 0.222 e. The van der Waals surface area contributed by atoms with Crippen molar-refractivity contribution in [1.82, 2.24) is 0 Å². The molecule has 1 rings (SSSR count). The highest BCUT2D eigenvalue weighted by atomic mass is 16.7. The average Bonchev–Trinajstić information content (AvgIpc) is 2.16. The summed E-state index contributed by atoms with van der Waals surface area (Å²) in [5.74, 6) is 0.176. The van der Waals surface area contributed by atoms with Gasteiger partial charge in [-0.05, 0) is 24.3 Å². The van der Waals surface area contributed by atoms with E-state index < -0.39 is 0 Å². The molecule has 0 saturated heterocycles. The lowest BCUT2D eigenvalue weighted by atomic mass is 10.3. The van der Waals surface area contributed by atoms with Gasteiger partial charge in [0.15, 0.2) is 0 Å². The second kappa shape index (κ2) is 4.47. The zero-order valence-corrected chi connectivity index (χ0v) is 7.23. The van der Waals surface area contributed by atoms with E-state index in [9.17, 15) is 4.79 Å². The van der Waals surface area contributed by atoms with E-state index in [2.05, 4.69) is 0 Å². The molecule has 13 heavy (non-hydrogen) atoms. The number of nitrogens with zero attached hydrogens (tertiary/aromatic N) is 1. The maximum absolute atomic E-state index is 10.1. The van der Waals surface area contributed by atoms with Crippen LogP contribution in [0.15, 0.2) is 24.3 Å². The first-order valence-corrected chi connectivity index (χ1v) is 3.73. The number of carbonyl (C=O) groups excluding carboxylic acids is 1. The van der Waals surface area contributed by atoms with Crippen LogP contribution in [-0.2, 0) is 9.63 Å². The van der Waals surface area contributed by atoms with Crippen molar-refractivity contribution in [3.63, 3.8) is 0 Å². The third-order valence-corrected chi connectivity index (χ3v) is 1.57. The van der Waals surface area contributed by atoms with Crippen LogP contribution in [0.1, 0.15) is 0 Å². The van der Waals surface area contributed by atoms with Gasteiger partial charge in [0.25, 0.3) is 0 Å². The van der Waals surface area contributed by atoms with Crippen molar-refractivity contribution in [3.8, 4) is 5.75 Å². The Bertz CT molecular complexity index is 271. The predicted octanol–water partition coefficient (Wildman–Crippen LogP) is 0.870. The molecular formula is C9H10NO3. The standard InChI is InChI=1S/C9H10NO3/c1-13-10(6-7-11)8-2-4-9(12)5-3-8/h2-5,12H,6H2,1H3. The molecule has 0 fully saturated rings. The number of rotatable bonds is 4. The maximum atomic E-state index is 10.1. The molecule has 4 heteroatoms. The molecule has 0 saturated carbocycles. The van der Waals surface area contributed by atoms with Gasteiger partial charge in [0, 0.05) is 0 Å². The third kappa shape index (κ3) is 2.45. The first-order valence-electron chi connectivity index (χ1n) is 3.73. The van der Waals surface area contributed by atoms with Crippen molar-refractivity contribution < 1.29 is 14.7 Å². The van der Waals surface area contributed by atoms with Crippen LogP contribution in [0.25, 0.3) is 0 Å². The molecule has 1 aromatic rings. The summed E-state index contributed by atoms with van der Waals surface area (Å²) in [7, 11) is 1.46. The summed E-state index contributed by atoms with van der Waals surface area (Å²) in [5, 5.41) is 10.4. The first-order chi connectivity index (χ1) is 6.27. The van der Waals surface area contributed by atoms with Crippen LogP contribution in [0.4, 0.5) is 5.69 Å². The Morgan fingerprint density at radius 3 is 2.54 bits per heavy atom. The van der Waals surface area contributed by atoms with E-state index in [1.54, 1.807) is 18.4 Å². The van der Waals surface area contributed by atoms with Gasteiger partial charge in [-0.1, -0.05) is 0 Å². The molecule has 4 nitrogen and oxygen atoms in total. The van der Waals surface area contributed by atoms with Crippen LogP contribution < -0.4 is 5.06 Å². The summed E-state index contributed by atoms with van der Waals surface area (Å²) >= 11 is 0. The Kier molecular flexibility index (Phi) is 3.28. The zero-order valence-electron chi connectivity index (χ0n) is 7.23. The van der Waals surface area contributed by atoms with E-state index >= 15 is 0 Å². The number of phenols is 1. The quantitative estimate of drug-likeness (QED) is 0.698. The second-order valence-corrected chi connectivity index (χ2v) is 2.38. The molecule has 0 heterocycles. The molecule has 69 valence electrons. The van der Waals surface area contributed by atoms with Gasteiger partial charge in [0.1, 0.15) is 12.3 Å². The van der Waals surface area contributed by atoms with Crippen molar-refractivity contribution in [2.24, 2.45) is 0 Å². The van der Waals surface area contributed by atoms with E-state index in [-0.39, 0.29) is 12.3 Å². The Balaban J connectivity index is 2.78. The van der Waals surface area contributed by atoms with Crippen LogP contribution in [0, 0.1) is 0 Å². The minimum atomic E-state index is 0.0429. The lowest BCUT2D eigenvalue weighted by Crippen LogP contribution is -2.23. The molecule has 0 bridgehead atoms. The molecule has 0 aliphatic rings. The van der Waals surface area contributed by atoms with Crippen molar-refractivity contribution in [2.75, 3.05) is 18.7 Å². The summed E-state index contributed by atoms with van der Waals surface area (Å²) in [4.78, 5) is 15.0. The Labute approximate surface area is 76.3 Å². The molecule has 0 atom stereocenters. The van der Waals surface area contributed by atoms with Crippen LogP contribution >= 0.6 is 0 Å². The number of phenolic OH excluding ortho intramolecular Hbond substituents is 1. The number of hydrogen-bond donors (Lipinski definition) is 1. The van der Waals surface area contributed by atoms with Crippen LogP contribution in [0.3, 0.4) is 0 Å².